The van der Waals surface area contributed by atoms with Crippen molar-refractivity contribution >= 4 is 9.84 Å². The van der Waals surface area contributed by atoms with Gasteiger partial charge in [-0.15, -0.1) is 6.58 Å². The average Bonchev–Trinajstić information content (AvgIpc) is 3.31. The number of hydrogen-bond donors (Lipinski definition) is 2. The summed E-state index contributed by atoms with van der Waals surface area (Å²) in [6.45, 7) is 6.92. The number of ether oxygens (including phenoxy) is 1. The molecular formula is C36H45F5O5S. The number of sulfone groups is 1. The predicted molar refractivity (Wildman–Crippen MR) is 171 cm³/mol. The van der Waals surface area contributed by atoms with Crippen LogP contribution in [0.25, 0.3) is 0 Å². The number of allylic oxidation sites excluding steroid dienone is 1. The Morgan fingerprint density at radius 1 is 1.00 bits per heavy atom. The number of benzene rings is 2. The summed E-state index contributed by atoms with van der Waals surface area (Å²) in [7, 11) is -3.73. The Morgan fingerprint density at radius 3 is 2.38 bits per heavy atom. The highest BCUT2D eigenvalue weighted by Gasteiger charge is 2.63. The monoisotopic (exact) mass is 684 g/mol. The van der Waals surface area contributed by atoms with Crippen molar-refractivity contribution in [3.8, 4) is 11.5 Å². The highest BCUT2D eigenvalue weighted by Crippen LogP contribution is 2.71. The first-order valence-electron chi connectivity index (χ1n) is 16.5. The second-order valence-electron chi connectivity index (χ2n) is 14.1. The number of halogens is 5. The third-order valence-corrected chi connectivity index (χ3v) is 13.1. The largest absolute Gasteiger partial charge is 0.508 e. The summed E-state index contributed by atoms with van der Waals surface area (Å²) >= 11 is 0. The summed E-state index contributed by atoms with van der Waals surface area (Å²) in [6.07, 6.45) is -0.569. The van der Waals surface area contributed by atoms with Crippen molar-refractivity contribution in [3.05, 3.63) is 71.8 Å². The van der Waals surface area contributed by atoms with E-state index in [1.807, 2.05) is 18.2 Å². The molecule has 0 radical (unpaired) electrons. The van der Waals surface area contributed by atoms with E-state index in [2.05, 4.69) is 37.8 Å². The number of rotatable bonds is 13. The molecule has 0 saturated heterocycles. The van der Waals surface area contributed by atoms with Crippen LogP contribution < -0.4 is 4.74 Å². The molecule has 5 nitrogen and oxygen atoms in total. The van der Waals surface area contributed by atoms with Gasteiger partial charge in [-0.3, -0.25) is 0 Å². The fourth-order valence-electron chi connectivity index (χ4n) is 8.90. The van der Waals surface area contributed by atoms with Gasteiger partial charge in [0.25, 0.3) is 0 Å². The van der Waals surface area contributed by atoms with Crippen LogP contribution in [0.15, 0.2) is 55.1 Å². The van der Waals surface area contributed by atoms with Gasteiger partial charge in [0.05, 0.1) is 24.2 Å². The van der Waals surface area contributed by atoms with Gasteiger partial charge in [-0.25, -0.2) is 8.42 Å². The number of phenolic OH excluding ortho intramolecular Hbond substituents is 1. The molecule has 5 rings (SSSR count). The smallest absolute Gasteiger partial charge is 0.453 e. The van der Waals surface area contributed by atoms with E-state index in [4.69, 9.17) is 4.74 Å². The molecule has 0 aromatic heterocycles. The van der Waals surface area contributed by atoms with Gasteiger partial charge >= 0.3 is 12.1 Å². The number of aromatic hydroxyl groups is 1. The van der Waals surface area contributed by atoms with Crippen molar-refractivity contribution in [2.45, 2.75) is 101 Å². The van der Waals surface area contributed by atoms with Gasteiger partial charge in [0.2, 0.25) is 0 Å². The van der Waals surface area contributed by atoms with Crippen LogP contribution in [0.4, 0.5) is 22.0 Å². The molecule has 0 aliphatic heterocycles. The fraction of sp³-hybridized carbons (Fsp3) is 0.611. The molecule has 0 unspecified atom stereocenters. The van der Waals surface area contributed by atoms with E-state index in [0.717, 1.165) is 43.2 Å². The number of unbranched alkanes of at least 4 members (excludes halogenated alkanes) is 2. The summed E-state index contributed by atoms with van der Waals surface area (Å²) in [4.78, 5) is 0. The predicted octanol–water partition coefficient (Wildman–Crippen LogP) is 8.50. The minimum absolute atomic E-state index is 0.112. The molecule has 2 saturated carbocycles. The minimum Gasteiger partial charge on any atom is -0.508 e. The molecule has 3 aliphatic carbocycles. The zero-order valence-corrected chi connectivity index (χ0v) is 27.6. The molecule has 0 heterocycles. The Hall–Kier alpha value is -2.66. The lowest BCUT2D eigenvalue weighted by Gasteiger charge is -2.60. The molecule has 0 amide bonds. The molecule has 2 N–H and O–H groups in total. The Balaban J connectivity index is 1.19. The third-order valence-electron chi connectivity index (χ3n) is 11.3. The maximum absolute atomic E-state index is 13.0. The maximum atomic E-state index is 13.0. The molecule has 0 spiro atoms. The number of aliphatic hydroxyl groups is 1. The molecule has 2 aromatic rings. The van der Waals surface area contributed by atoms with E-state index in [0.29, 0.717) is 31.1 Å². The van der Waals surface area contributed by atoms with Crippen LogP contribution in [0, 0.1) is 16.7 Å². The van der Waals surface area contributed by atoms with E-state index < -0.39 is 40.5 Å². The van der Waals surface area contributed by atoms with Crippen molar-refractivity contribution in [2.75, 3.05) is 18.1 Å². The third kappa shape index (κ3) is 7.07. The average molecular weight is 685 g/mol. The number of hydrogen-bond acceptors (Lipinski definition) is 5. The molecule has 47 heavy (non-hydrogen) atoms. The van der Waals surface area contributed by atoms with Crippen LogP contribution >= 0.6 is 0 Å². The van der Waals surface area contributed by atoms with Crippen molar-refractivity contribution in [3.63, 3.8) is 0 Å². The van der Waals surface area contributed by atoms with Crippen LogP contribution in [0.3, 0.4) is 0 Å². The first-order chi connectivity index (χ1) is 22.0. The van der Waals surface area contributed by atoms with Gasteiger partial charge < -0.3 is 14.9 Å². The lowest BCUT2D eigenvalue weighted by molar-refractivity contribution is -0.284. The Labute approximate surface area is 274 Å². The van der Waals surface area contributed by atoms with E-state index in [-0.39, 0.29) is 46.7 Å². The highest BCUT2D eigenvalue weighted by atomic mass is 32.2. The fourth-order valence-corrected chi connectivity index (χ4v) is 10.3. The summed E-state index contributed by atoms with van der Waals surface area (Å²) in [5, 5.41) is 21.5. The molecule has 260 valence electrons. The van der Waals surface area contributed by atoms with Gasteiger partial charge in [0.1, 0.15) is 21.3 Å². The van der Waals surface area contributed by atoms with Crippen LogP contribution in [-0.2, 0) is 16.3 Å². The molecule has 11 heteroatoms. The van der Waals surface area contributed by atoms with Crippen molar-refractivity contribution in [1.29, 1.82) is 0 Å². The minimum atomic E-state index is -5.68. The molecule has 6 atom stereocenters. The van der Waals surface area contributed by atoms with Crippen molar-refractivity contribution in [2.24, 2.45) is 16.7 Å². The van der Waals surface area contributed by atoms with Crippen molar-refractivity contribution < 1.29 is 45.3 Å². The first kappa shape index (κ1) is 35.6. The molecule has 3 aliphatic rings. The second kappa shape index (κ2) is 13.3. The Kier molecular flexibility index (Phi) is 10.1. The summed E-state index contributed by atoms with van der Waals surface area (Å²) in [5.74, 6) is -4.37. The van der Waals surface area contributed by atoms with Gasteiger partial charge in [-0.05, 0) is 121 Å². The van der Waals surface area contributed by atoms with E-state index in [1.54, 1.807) is 6.07 Å². The zero-order valence-electron chi connectivity index (χ0n) is 26.7. The highest BCUT2D eigenvalue weighted by molar-refractivity contribution is 7.91. The zero-order chi connectivity index (χ0) is 34.3. The molecule has 2 aromatic carbocycles. The van der Waals surface area contributed by atoms with Gasteiger partial charge in [-0.2, -0.15) is 22.0 Å². The van der Waals surface area contributed by atoms with Crippen LogP contribution in [0.2, 0.25) is 0 Å². The summed E-state index contributed by atoms with van der Waals surface area (Å²) in [6, 6.07) is 13.7. The SMILES string of the molecule is C=C[C@@]12CCc3cc(O)ccc3[C@H]1[C@@H](c1ccc(OCCCCCS(=O)(=O)CCCC(F)(F)C(F)(F)F)cc1)C[C@@]1(C)[C@H]2CC[C@@H]1O. The number of phenols is 1. The number of aliphatic hydroxyl groups excluding tert-OH is 1. The van der Waals surface area contributed by atoms with Crippen LogP contribution in [-0.4, -0.2) is 54.9 Å². The van der Waals surface area contributed by atoms with E-state index >= 15 is 0 Å². The number of alkyl halides is 5. The van der Waals surface area contributed by atoms with Gasteiger partial charge in [-0.1, -0.05) is 31.2 Å². The number of fused-ring (bicyclic) bond motifs is 5. The second-order valence-corrected chi connectivity index (χ2v) is 16.4. The van der Waals surface area contributed by atoms with Crippen LogP contribution in [0.5, 0.6) is 11.5 Å². The Morgan fingerprint density at radius 2 is 1.70 bits per heavy atom. The number of aryl methyl sites for hydroxylation is 1. The van der Waals surface area contributed by atoms with E-state index in [9.17, 15) is 40.6 Å². The first-order valence-corrected chi connectivity index (χ1v) is 18.4. The van der Waals surface area contributed by atoms with Crippen molar-refractivity contribution in [1.82, 2.24) is 0 Å². The van der Waals surface area contributed by atoms with Crippen LogP contribution in [0.1, 0.15) is 93.2 Å². The molecular weight excluding hydrogens is 639 g/mol. The molecule has 0 bridgehead atoms. The lowest BCUT2D eigenvalue weighted by Crippen LogP contribution is -2.53. The maximum Gasteiger partial charge on any atom is 0.453 e. The van der Waals surface area contributed by atoms with Gasteiger partial charge in [0.15, 0.2) is 0 Å². The quantitative estimate of drug-likeness (QED) is 0.126. The lowest BCUT2D eigenvalue weighted by atomic mass is 9.44. The Bertz CT molecular complexity index is 1530. The van der Waals surface area contributed by atoms with Gasteiger partial charge in [0, 0.05) is 12.3 Å². The topological polar surface area (TPSA) is 83.8 Å². The molecule has 2 fully saturated rings. The summed E-state index contributed by atoms with van der Waals surface area (Å²) < 4.78 is 93.1. The van der Waals surface area contributed by atoms with E-state index in [1.165, 1.54) is 5.56 Å². The summed E-state index contributed by atoms with van der Waals surface area (Å²) in [5.41, 5.74) is 3.11. The standard InChI is InChI=1S/C36H45F5O5S/c1-3-34-18-16-25-22-26(42)10-13-28(25)32(34)29(23-33(2)30(34)14-15-31(33)43)24-8-11-27(12-9-24)46-19-5-4-6-20-47(44,45)21-7-17-35(37,38)36(39,40)41/h3,8-13,22,29-32,42-43H,1,4-7,14-21,23H2,2H3/t29-,30-,31+,32+,33+,34+/m1/s1. The normalized spacial score (nSPS) is 29.1.